The van der Waals surface area contributed by atoms with E-state index in [1.54, 1.807) is 0 Å². The van der Waals surface area contributed by atoms with Crippen LogP contribution in [0.2, 0.25) is 0 Å². The van der Waals surface area contributed by atoms with Crippen molar-refractivity contribution in [1.29, 1.82) is 0 Å². The maximum atomic E-state index is 4.17. The van der Waals surface area contributed by atoms with E-state index in [2.05, 4.69) is 50.1 Å². The second-order valence-corrected chi connectivity index (χ2v) is 6.23. The summed E-state index contributed by atoms with van der Waals surface area (Å²) in [4.78, 5) is 6.96. The van der Waals surface area contributed by atoms with E-state index in [0.717, 1.165) is 0 Å². The Kier molecular flexibility index (Phi) is 4.15. The van der Waals surface area contributed by atoms with Crippen LogP contribution in [0, 0.1) is 13.8 Å². The second-order valence-electron chi connectivity index (χ2n) is 4.76. The molecule has 0 saturated heterocycles. The van der Waals surface area contributed by atoms with E-state index in [9.17, 15) is 0 Å². The molecule has 0 amide bonds. The summed E-state index contributed by atoms with van der Waals surface area (Å²) >= 11 is 1.87. The molecule has 2 aromatic rings. The van der Waals surface area contributed by atoms with Gasteiger partial charge in [-0.3, -0.25) is 4.98 Å². The van der Waals surface area contributed by atoms with Crippen molar-refractivity contribution in [2.45, 2.75) is 39.8 Å². The molecule has 2 aromatic heterocycles. The van der Waals surface area contributed by atoms with Gasteiger partial charge >= 0.3 is 0 Å². The summed E-state index contributed by atoms with van der Waals surface area (Å²) in [6, 6.07) is 7.06. The third kappa shape index (κ3) is 2.98. The summed E-state index contributed by atoms with van der Waals surface area (Å²) in [5.41, 5.74) is 2.64. The number of nitrogens with one attached hydrogen (secondary N) is 1. The van der Waals surface area contributed by atoms with Crippen LogP contribution in [-0.2, 0) is 0 Å². The summed E-state index contributed by atoms with van der Waals surface area (Å²) in [6.07, 6.45) is 3.74. The highest BCUT2D eigenvalue weighted by molar-refractivity contribution is 7.12. The molecule has 0 aliphatic rings. The average Bonchev–Trinajstić information content (AvgIpc) is 2.69. The minimum Gasteiger partial charge on any atom is -0.304 e. The first-order chi connectivity index (χ1) is 8.58. The molecule has 0 aliphatic heterocycles. The average molecular weight is 260 g/mol. The number of hydrogen-bond donors (Lipinski definition) is 1. The first kappa shape index (κ1) is 13.2. The molecule has 18 heavy (non-hydrogen) atoms. The van der Waals surface area contributed by atoms with Gasteiger partial charge in [-0.15, -0.1) is 11.3 Å². The zero-order valence-electron chi connectivity index (χ0n) is 11.4. The highest BCUT2D eigenvalue weighted by Crippen LogP contribution is 2.27. The molecule has 2 heterocycles. The number of aryl methyl sites for hydroxylation is 2. The van der Waals surface area contributed by atoms with Crippen LogP contribution in [0.5, 0.6) is 0 Å². The van der Waals surface area contributed by atoms with E-state index in [1.165, 1.54) is 20.9 Å². The molecule has 0 spiro atoms. The Morgan fingerprint density at radius 1 is 1.22 bits per heavy atom. The van der Waals surface area contributed by atoms with Crippen LogP contribution < -0.4 is 5.32 Å². The maximum absolute atomic E-state index is 4.17. The van der Waals surface area contributed by atoms with Gasteiger partial charge in [0.05, 0.1) is 0 Å². The fourth-order valence-electron chi connectivity index (χ4n) is 2.27. The van der Waals surface area contributed by atoms with E-state index in [-0.39, 0.29) is 0 Å². The maximum Gasteiger partial charge on any atom is 0.0315 e. The van der Waals surface area contributed by atoms with Crippen molar-refractivity contribution in [1.82, 2.24) is 10.3 Å². The molecule has 2 unspecified atom stereocenters. The van der Waals surface area contributed by atoms with Crippen molar-refractivity contribution in [2.24, 2.45) is 0 Å². The highest BCUT2D eigenvalue weighted by atomic mass is 32.1. The molecule has 96 valence electrons. The molecule has 0 radical (unpaired) electrons. The van der Waals surface area contributed by atoms with Gasteiger partial charge in [0.1, 0.15) is 0 Å². The van der Waals surface area contributed by atoms with Crippen LogP contribution in [0.25, 0.3) is 0 Å². The van der Waals surface area contributed by atoms with Crippen LogP contribution >= 0.6 is 11.3 Å². The zero-order valence-corrected chi connectivity index (χ0v) is 12.2. The lowest BCUT2D eigenvalue weighted by Gasteiger charge is -2.20. The first-order valence-corrected chi connectivity index (χ1v) is 7.12. The Hall–Kier alpha value is -1.19. The topological polar surface area (TPSA) is 24.9 Å². The largest absolute Gasteiger partial charge is 0.304 e. The molecule has 2 atom stereocenters. The number of nitrogens with zero attached hydrogens (tertiary/aromatic N) is 1. The van der Waals surface area contributed by atoms with Gasteiger partial charge in [-0.05, 0) is 51.0 Å². The number of thiophene rings is 1. The van der Waals surface area contributed by atoms with E-state index in [1.807, 2.05) is 29.8 Å². The number of pyridine rings is 1. The van der Waals surface area contributed by atoms with Crippen molar-refractivity contribution >= 4 is 11.3 Å². The predicted molar refractivity (Wildman–Crippen MR) is 78.0 cm³/mol. The lowest BCUT2D eigenvalue weighted by atomic mass is 10.1. The van der Waals surface area contributed by atoms with Crippen molar-refractivity contribution < 1.29 is 0 Å². The summed E-state index contributed by atoms with van der Waals surface area (Å²) in [5.74, 6) is 0. The number of rotatable bonds is 4. The minimum absolute atomic E-state index is 0.313. The van der Waals surface area contributed by atoms with Crippen LogP contribution in [0.3, 0.4) is 0 Å². The number of hydrogen-bond acceptors (Lipinski definition) is 3. The van der Waals surface area contributed by atoms with Gasteiger partial charge in [-0.1, -0.05) is 6.07 Å². The molecule has 0 aliphatic carbocycles. The van der Waals surface area contributed by atoms with Gasteiger partial charge in [0.25, 0.3) is 0 Å². The predicted octanol–water partition coefficient (Wildman–Crippen LogP) is 4.17. The molecule has 0 bridgehead atoms. The van der Waals surface area contributed by atoms with Gasteiger partial charge in [0.2, 0.25) is 0 Å². The summed E-state index contributed by atoms with van der Waals surface area (Å²) in [7, 11) is 0. The van der Waals surface area contributed by atoms with Crippen molar-refractivity contribution in [3.05, 3.63) is 51.5 Å². The van der Waals surface area contributed by atoms with E-state index in [4.69, 9.17) is 0 Å². The molecule has 3 heteroatoms. The SMILES string of the molecule is Cc1cc(C(C)NC(C)c2cccnc2)c(C)s1. The van der Waals surface area contributed by atoms with Crippen molar-refractivity contribution in [2.75, 3.05) is 0 Å². The molecule has 2 nitrogen and oxygen atoms in total. The molecule has 0 aromatic carbocycles. The normalized spacial score (nSPS) is 14.4. The van der Waals surface area contributed by atoms with Crippen LogP contribution in [0.4, 0.5) is 0 Å². The van der Waals surface area contributed by atoms with Gasteiger partial charge in [-0.2, -0.15) is 0 Å². The smallest absolute Gasteiger partial charge is 0.0315 e. The van der Waals surface area contributed by atoms with E-state index >= 15 is 0 Å². The standard InChI is InChI=1S/C15H20N2S/c1-10-8-15(13(4)18-10)12(3)17-11(2)14-6-5-7-16-9-14/h5-9,11-12,17H,1-4H3. The Morgan fingerprint density at radius 3 is 2.56 bits per heavy atom. The Morgan fingerprint density at radius 2 is 2.00 bits per heavy atom. The van der Waals surface area contributed by atoms with Crippen LogP contribution in [-0.4, -0.2) is 4.98 Å². The molecule has 0 saturated carbocycles. The first-order valence-electron chi connectivity index (χ1n) is 6.31. The quantitative estimate of drug-likeness (QED) is 0.892. The third-order valence-electron chi connectivity index (χ3n) is 3.23. The third-order valence-corrected chi connectivity index (χ3v) is 4.21. The Bertz CT molecular complexity index is 504. The fraction of sp³-hybridized carbons (Fsp3) is 0.400. The Labute approximate surface area is 113 Å². The van der Waals surface area contributed by atoms with Crippen molar-refractivity contribution in [3.8, 4) is 0 Å². The summed E-state index contributed by atoms with van der Waals surface area (Å²) in [6.45, 7) is 8.77. The minimum atomic E-state index is 0.313. The highest BCUT2D eigenvalue weighted by Gasteiger charge is 2.14. The van der Waals surface area contributed by atoms with E-state index in [0.29, 0.717) is 12.1 Å². The lowest BCUT2D eigenvalue weighted by Crippen LogP contribution is -2.22. The van der Waals surface area contributed by atoms with Crippen LogP contribution in [0.15, 0.2) is 30.6 Å². The van der Waals surface area contributed by atoms with Gasteiger partial charge < -0.3 is 5.32 Å². The van der Waals surface area contributed by atoms with Gasteiger partial charge in [-0.25, -0.2) is 0 Å². The second kappa shape index (κ2) is 5.63. The van der Waals surface area contributed by atoms with Gasteiger partial charge in [0, 0.05) is 34.2 Å². The lowest BCUT2D eigenvalue weighted by molar-refractivity contribution is 0.493. The molecular formula is C15H20N2S. The number of aromatic nitrogens is 1. The van der Waals surface area contributed by atoms with Crippen LogP contribution in [0.1, 0.15) is 46.8 Å². The zero-order chi connectivity index (χ0) is 13.1. The van der Waals surface area contributed by atoms with E-state index < -0.39 is 0 Å². The van der Waals surface area contributed by atoms with Gasteiger partial charge in [0.15, 0.2) is 0 Å². The summed E-state index contributed by atoms with van der Waals surface area (Å²) in [5, 5.41) is 3.63. The fourth-order valence-corrected chi connectivity index (χ4v) is 3.30. The molecule has 2 rings (SSSR count). The molecule has 0 fully saturated rings. The molecular weight excluding hydrogens is 240 g/mol. The summed E-state index contributed by atoms with van der Waals surface area (Å²) < 4.78 is 0. The van der Waals surface area contributed by atoms with Crippen molar-refractivity contribution in [3.63, 3.8) is 0 Å². The molecule has 1 N–H and O–H groups in total. The monoisotopic (exact) mass is 260 g/mol. The Balaban J connectivity index is 2.08.